The molecular weight excluding hydrogens is 514 g/mol. The number of amides is 3. The molecule has 2 aromatic carbocycles. The molecule has 2 unspecified atom stereocenters. The van der Waals surface area contributed by atoms with Crippen LogP contribution in [0.5, 0.6) is 5.75 Å². The van der Waals surface area contributed by atoms with Gasteiger partial charge < -0.3 is 25.0 Å². The van der Waals surface area contributed by atoms with Crippen LogP contribution in [0.3, 0.4) is 0 Å². The molecular formula is C30H43N3O5S. The number of hydrogen-bond donors (Lipinski definition) is 2. The first-order valence-electron chi connectivity index (χ1n) is 13.1. The maximum absolute atomic E-state index is 14.2. The molecule has 8 nitrogen and oxygen atoms in total. The number of ether oxygens (including phenoxy) is 2. The Hall–Kier alpha value is -3.20. The maximum atomic E-state index is 14.2. The highest BCUT2D eigenvalue weighted by Gasteiger charge is 2.38. The summed E-state index contributed by atoms with van der Waals surface area (Å²) in [7, 11) is 1.58. The zero-order valence-corrected chi connectivity index (χ0v) is 25.4. The molecule has 2 rings (SSSR count). The molecule has 214 valence electrons. The molecule has 0 saturated carbocycles. The summed E-state index contributed by atoms with van der Waals surface area (Å²) in [6.45, 7) is 13.0. The molecule has 0 aliphatic rings. The van der Waals surface area contributed by atoms with Crippen molar-refractivity contribution >= 4 is 35.4 Å². The second-order valence-corrected chi connectivity index (χ2v) is 11.7. The van der Waals surface area contributed by atoms with Crippen molar-refractivity contribution in [3.63, 3.8) is 0 Å². The Balaban J connectivity index is 2.54. The molecule has 0 aromatic heterocycles. The first-order valence-corrected chi connectivity index (χ1v) is 14.5. The smallest absolute Gasteiger partial charge is 0.408 e. The third kappa shape index (κ3) is 9.20. The number of hydrogen-bond acceptors (Lipinski definition) is 6. The highest BCUT2D eigenvalue weighted by molar-refractivity contribution is 7.98. The third-order valence-electron chi connectivity index (χ3n) is 6.24. The van der Waals surface area contributed by atoms with Crippen molar-refractivity contribution in [3.8, 4) is 5.75 Å². The molecule has 2 aromatic rings. The van der Waals surface area contributed by atoms with Gasteiger partial charge in [0.2, 0.25) is 5.91 Å². The fourth-order valence-corrected chi connectivity index (χ4v) is 4.65. The van der Waals surface area contributed by atoms with Gasteiger partial charge in [0.15, 0.2) is 0 Å². The number of benzene rings is 2. The van der Waals surface area contributed by atoms with Gasteiger partial charge in [-0.15, -0.1) is 0 Å². The molecule has 2 N–H and O–H groups in total. The molecule has 0 bridgehead atoms. The number of carbonyl (C=O) groups excluding carboxylic acids is 3. The second-order valence-electron chi connectivity index (χ2n) is 10.7. The van der Waals surface area contributed by atoms with E-state index in [0.29, 0.717) is 23.6 Å². The van der Waals surface area contributed by atoms with Gasteiger partial charge in [-0.2, -0.15) is 11.8 Å². The Kier molecular flexibility index (Phi) is 11.7. The number of thioether (sulfide) groups is 1. The van der Waals surface area contributed by atoms with Crippen LogP contribution < -0.4 is 15.4 Å². The minimum atomic E-state index is -0.934. The van der Waals surface area contributed by atoms with E-state index in [4.69, 9.17) is 9.47 Å². The summed E-state index contributed by atoms with van der Waals surface area (Å²) >= 11 is 1.58. The lowest BCUT2D eigenvalue weighted by Crippen LogP contribution is -2.54. The quantitative estimate of drug-likeness (QED) is 0.358. The van der Waals surface area contributed by atoms with E-state index in [2.05, 4.69) is 10.6 Å². The zero-order valence-electron chi connectivity index (χ0n) is 24.6. The van der Waals surface area contributed by atoms with E-state index >= 15 is 0 Å². The predicted octanol–water partition coefficient (Wildman–Crippen LogP) is 5.88. The molecule has 0 fully saturated rings. The lowest BCUT2D eigenvalue weighted by atomic mass is 9.94. The van der Waals surface area contributed by atoms with Crippen LogP contribution in [0.25, 0.3) is 0 Å². The van der Waals surface area contributed by atoms with Crippen LogP contribution in [-0.2, 0) is 14.3 Å². The van der Waals surface area contributed by atoms with Crippen LogP contribution in [-0.4, -0.2) is 59.6 Å². The topological polar surface area (TPSA) is 97.0 Å². The van der Waals surface area contributed by atoms with E-state index in [1.165, 1.54) is 0 Å². The number of alkyl carbamates (subject to hydrolysis) is 1. The SMILES string of the molecule is COc1ccc(NC(=O)C(c2cccc(C)c2C)N(C(=O)C(CCSC)NC(=O)OC(C)(C)C)C(C)C)cc1. The van der Waals surface area contributed by atoms with E-state index in [0.717, 1.165) is 16.7 Å². The van der Waals surface area contributed by atoms with Crippen molar-refractivity contribution in [2.75, 3.05) is 24.4 Å². The fraction of sp³-hybridized carbons (Fsp3) is 0.500. The summed E-state index contributed by atoms with van der Waals surface area (Å²) in [5.41, 5.74) is 2.53. The van der Waals surface area contributed by atoms with Crippen molar-refractivity contribution in [1.29, 1.82) is 0 Å². The van der Waals surface area contributed by atoms with Gasteiger partial charge in [-0.1, -0.05) is 18.2 Å². The van der Waals surface area contributed by atoms with E-state index < -0.39 is 23.8 Å². The van der Waals surface area contributed by atoms with Crippen molar-refractivity contribution < 1.29 is 23.9 Å². The van der Waals surface area contributed by atoms with Gasteiger partial charge >= 0.3 is 6.09 Å². The summed E-state index contributed by atoms with van der Waals surface area (Å²) in [6.07, 6.45) is 1.66. The summed E-state index contributed by atoms with van der Waals surface area (Å²) in [5, 5.41) is 5.74. The number of carbonyl (C=O) groups is 3. The molecule has 0 spiro atoms. The average Bonchev–Trinajstić information content (AvgIpc) is 2.85. The third-order valence-corrected chi connectivity index (χ3v) is 6.88. The van der Waals surface area contributed by atoms with Gasteiger partial charge in [-0.25, -0.2) is 4.79 Å². The molecule has 0 aliphatic carbocycles. The predicted molar refractivity (Wildman–Crippen MR) is 158 cm³/mol. The summed E-state index contributed by atoms with van der Waals surface area (Å²) in [4.78, 5) is 42.4. The lowest BCUT2D eigenvalue weighted by Gasteiger charge is -2.38. The lowest BCUT2D eigenvalue weighted by molar-refractivity contribution is -0.143. The number of aryl methyl sites for hydroxylation is 1. The minimum absolute atomic E-state index is 0.346. The van der Waals surface area contributed by atoms with Crippen LogP contribution in [0.1, 0.15) is 63.8 Å². The van der Waals surface area contributed by atoms with Gasteiger partial charge in [0.05, 0.1) is 7.11 Å². The normalized spacial score (nSPS) is 12.9. The van der Waals surface area contributed by atoms with E-state index in [-0.39, 0.29) is 17.9 Å². The van der Waals surface area contributed by atoms with Crippen LogP contribution >= 0.6 is 11.8 Å². The standard InChI is InChI=1S/C30H43N3O5S/c1-19(2)33(28(35)25(17-18-39-9)32-29(36)38-30(5,6)7)26(24-12-10-11-20(3)21(24)4)27(34)31-22-13-15-23(37-8)16-14-22/h10-16,19,25-26H,17-18H2,1-9H3,(H,31,34)(H,32,36). The van der Waals surface area contributed by atoms with Gasteiger partial charge in [0.1, 0.15) is 23.4 Å². The molecule has 0 aliphatic heterocycles. The minimum Gasteiger partial charge on any atom is -0.497 e. The van der Waals surface area contributed by atoms with Gasteiger partial charge in [-0.05, 0) is 108 Å². The molecule has 39 heavy (non-hydrogen) atoms. The van der Waals surface area contributed by atoms with Crippen LogP contribution in [0, 0.1) is 13.8 Å². The summed E-state index contributed by atoms with van der Waals surface area (Å²) in [5.74, 6) is 0.616. The van der Waals surface area contributed by atoms with Crippen molar-refractivity contribution in [2.24, 2.45) is 0 Å². The van der Waals surface area contributed by atoms with Crippen LogP contribution in [0.2, 0.25) is 0 Å². The maximum Gasteiger partial charge on any atom is 0.408 e. The second kappa shape index (κ2) is 14.3. The van der Waals surface area contributed by atoms with Crippen molar-refractivity contribution in [1.82, 2.24) is 10.2 Å². The number of methoxy groups -OCH3 is 1. The zero-order chi connectivity index (χ0) is 29.3. The summed E-state index contributed by atoms with van der Waals surface area (Å²) in [6, 6.07) is 10.6. The molecule has 2 atom stereocenters. The first-order chi connectivity index (χ1) is 18.3. The molecule has 9 heteroatoms. The van der Waals surface area contributed by atoms with Gasteiger partial charge in [-0.3, -0.25) is 9.59 Å². The molecule has 0 heterocycles. The number of nitrogens with one attached hydrogen (secondary N) is 2. The van der Waals surface area contributed by atoms with Crippen molar-refractivity contribution in [3.05, 3.63) is 59.2 Å². The highest BCUT2D eigenvalue weighted by Crippen LogP contribution is 2.30. The van der Waals surface area contributed by atoms with Crippen LogP contribution in [0.15, 0.2) is 42.5 Å². The average molecular weight is 558 g/mol. The Labute approximate surface area is 237 Å². The number of nitrogens with zero attached hydrogens (tertiary/aromatic N) is 1. The van der Waals surface area contributed by atoms with E-state index in [1.54, 1.807) is 68.8 Å². The first kappa shape index (κ1) is 32.0. The molecule has 0 radical (unpaired) electrons. The Morgan fingerprint density at radius 2 is 1.67 bits per heavy atom. The Bertz CT molecular complexity index is 1130. The summed E-state index contributed by atoms with van der Waals surface area (Å²) < 4.78 is 10.7. The fourth-order valence-electron chi connectivity index (χ4n) is 4.18. The van der Waals surface area contributed by atoms with Gasteiger partial charge in [0, 0.05) is 11.7 Å². The van der Waals surface area contributed by atoms with Crippen molar-refractivity contribution in [2.45, 2.75) is 78.6 Å². The van der Waals surface area contributed by atoms with E-state index in [9.17, 15) is 14.4 Å². The highest BCUT2D eigenvalue weighted by atomic mass is 32.2. The Morgan fingerprint density at radius 1 is 1.03 bits per heavy atom. The van der Waals surface area contributed by atoms with E-state index in [1.807, 2.05) is 52.1 Å². The van der Waals surface area contributed by atoms with Crippen LogP contribution in [0.4, 0.5) is 10.5 Å². The number of rotatable bonds is 11. The monoisotopic (exact) mass is 557 g/mol. The largest absolute Gasteiger partial charge is 0.497 e. The molecule has 3 amide bonds. The number of anilines is 1. The van der Waals surface area contributed by atoms with Gasteiger partial charge in [0.25, 0.3) is 5.91 Å². The Morgan fingerprint density at radius 3 is 2.21 bits per heavy atom. The molecule has 0 saturated heterocycles.